The smallest absolute Gasteiger partial charge is 0.399 e. The van der Waals surface area contributed by atoms with Gasteiger partial charge in [-0.15, -0.1) is 0 Å². The fraction of sp³-hybridized carbons (Fsp3) is 0.162. The summed E-state index contributed by atoms with van der Waals surface area (Å²) in [7, 11) is -0.360. The summed E-state index contributed by atoms with van der Waals surface area (Å²) < 4.78 is 13.7. The number of fused-ring (bicyclic) bond motifs is 12. The summed E-state index contributed by atoms with van der Waals surface area (Å²) in [5, 5.41) is 4.42. The van der Waals surface area contributed by atoms with Gasteiger partial charge < -0.3 is 9.31 Å². The van der Waals surface area contributed by atoms with Crippen LogP contribution in [0.15, 0.2) is 211 Å². The fourth-order valence-corrected chi connectivity index (χ4v) is 12.9. The molecule has 84 heavy (non-hydrogen) atoms. The Kier molecular flexibility index (Phi) is 13.3. The number of benzene rings is 8. The van der Waals surface area contributed by atoms with Crippen molar-refractivity contribution in [1.82, 2.24) is 19.9 Å². The molecule has 0 amide bonds. The number of hydrogen-bond donors (Lipinski definition) is 0. The minimum Gasteiger partial charge on any atom is -0.399 e. The number of hydrogen-bond acceptors (Lipinski definition) is 6. The van der Waals surface area contributed by atoms with Gasteiger partial charge in [-0.2, -0.15) is 0 Å². The van der Waals surface area contributed by atoms with E-state index in [2.05, 4.69) is 193 Å². The molecule has 12 aromatic rings. The van der Waals surface area contributed by atoms with Crippen LogP contribution >= 0.6 is 15.9 Å². The molecule has 8 nitrogen and oxygen atoms in total. The summed E-state index contributed by atoms with van der Waals surface area (Å²) in [6, 6.07) is 63.2. The number of aromatic nitrogens is 4. The SMILES string of the molecule is Brc1cc2cccnc2c2ncccc12.[C-]#[N+]c1ccc(-c2ccc3c(c2)C(C)(C)c2cc(-c4cc5cccnc5c5ncccc45)ccc2-3)cc1.[C-]#[N+]c1ccc(-c2ccc3c(c2)C(C)(C)c2cc(B4OC(C)(C)C(C)(C)O4)ccc2-3)cc1. The Morgan fingerprint density at radius 1 is 0.381 bits per heavy atom. The van der Waals surface area contributed by atoms with Crippen molar-refractivity contribution in [2.45, 2.75) is 77.4 Å². The molecule has 0 bridgehead atoms. The molecule has 3 aliphatic rings. The van der Waals surface area contributed by atoms with Crippen LogP contribution in [0.4, 0.5) is 11.4 Å². The van der Waals surface area contributed by atoms with Crippen LogP contribution in [0.25, 0.3) is 109 Å². The van der Waals surface area contributed by atoms with Crippen LogP contribution in [0, 0.1) is 13.1 Å². The third kappa shape index (κ3) is 9.23. The van der Waals surface area contributed by atoms with Crippen molar-refractivity contribution in [2.75, 3.05) is 0 Å². The molecule has 0 unspecified atom stereocenters. The zero-order valence-electron chi connectivity index (χ0n) is 48.1. The molecule has 0 radical (unpaired) electrons. The summed E-state index contributed by atoms with van der Waals surface area (Å²) in [5.41, 5.74) is 22.6. The molecule has 5 heterocycles. The highest BCUT2D eigenvalue weighted by molar-refractivity contribution is 9.10. The van der Waals surface area contributed by atoms with Gasteiger partial charge in [0.2, 0.25) is 0 Å². The minimum atomic E-state index is -0.360. The van der Waals surface area contributed by atoms with Crippen LogP contribution in [-0.2, 0) is 20.1 Å². The van der Waals surface area contributed by atoms with Gasteiger partial charge in [-0.05, 0) is 166 Å². The van der Waals surface area contributed by atoms with Gasteiger partial charge in [0, 0.05) is 61.6 Å². The lowest BCUT2D eigenvalue weighted by atomic mass is 9.74. The number of pyridine rings is 4. The third-order valence-electron chi connectivity index (χ3n) is 17.7. The maximum atomic E-state index is 7.23. The maximum Gasteiger partial charge on any atom is 0.494 e. The molecule has 15 rings (SSSR count). The summed E-state index contributed by atoms with van der Waals surface area (Å²) in [5.74, 6) is 0. The van der Waals surface area contributed by atoms with Gasteiger partial charge >= 0.3 is 7.12 Å². The molecule has 1 fully saturated rings. The minimum absolute atomic E-state index is 0.128. The van der Waals surface area contributed by atoms with E-state index in [4.69, 9.17) is 27.4 Å². The first-order chi connectivity index (χ1) is 40.4. The molecule has 0 atom stereocenters. The topological polar surface area (TPSA) is 78.7 Å². The highest BCUT2D eigenvalue weighted by Crippen LogP contribution is 2.52. The molecule has 10 heteroatoms. The van der Waals surface area contributed by atoms with Crippen LogP contribution in [0.2, 0.25) is 0 Å². The zero-order chi connectivity index (χ0) is 58.3. The van der Waals surface area contributed by atoms with Gasteiger partial charge in [0.1, 0.15) is 0 Å². The van der Waals surface area contributed by atoms with Gasteiger partial charge in [-0.3, -0.25) is 19.9 Å². The summed E-state index contributed by atoms with van der Waals surface area (Å²) >= 11 is 3.55. The van der Waals surface area contributed by atoms with Gasteiger partial charge in [0.15, 0.2) is 11.4 Å². The van der Waals surface area contributed by atoms with Gasteiger partial charge in [0.05, 0.1) is 46.4 Å². The molecular weight excluding hydrogens is 1100 g/mol. The van der Waals surface area contributed by atoms with E-state index in [-0.39, 0.29) is 29.2 Å². The van der Waals surface area contributed by atoms with Crippen LogP contribution in [0.1, 0.15) is 77.6 Å². The van der Waals surface area contributed by atoms with Crippen molar-refractivity contribution >= 4 is 83.5 Å². The van der Waals surface area contributed by atoms with Gasteiger partial charge in [-0.25, -0.2) is 9.69 Å². The second-order valence-electron chi connectivity index (χ2n) is 24.0. The second-order valence-corrected chi connectivity index (χ2v) is 24.8. The zero-order valence-corrected chi connectivity index (χ0v) is 49.7. The highest BCUT2D eigenvalue weighted by atomic mass is 79.9. The Morgan fingerprint density at radius 3 is 1.25 bits per heavy atom. The molecule has 8 aromatic carbocycles. The fourth-order valence-electron chi connectivity index (χ4n) is 12.4. The molecule has 1 saturated heterocycles. The van der Waals surface area contributed by atoms with Crippen molar-refractivity contribution < 1.29 is 9.31 Å². The summed E-state index contributed by atoms with van der Waals surface area (Å²) in [4.78, 5) is 25.1. The molecule has 1 aliphatic heterocycles. The average molecular weight is 1150 g/mol. The molecular formula is C74H58BBrN6O2. The van der Waals surface area contributed by atoms with E-state index in [0.29, 0.717) is 11.4 Å². The van der Waals surface area contributed by atoms with Crippen LogP contribution in [0.5, 0.6) is 0 Å². The first-order valence-corrected chi connectivity index (χ1v) is 29.0. The van der Waals surface area contributed by atoms with Gasteiger partial charge in [-0.1, -0.05) is 171 Å². The Morgan fingerprint density at radius 2 is 0.762 bits per heavy atom. The highest BCUT2D eigenvalue weighted by Gasteiger charge is 2.52. The lowest BCUT2D eigenvalue weighted by Gasteiger charge is -2.32. The lowest BCUT2D eigenvalue weighted by Crippen LogP contribution is -2.41. The van der Waals surface area contributed by atoms with Crippen molar-refractivity contribution in [2.24, 2.45) is 0 Å². The lowest BCUT2D eigenvalue weighted by molar-refractivity contribution is 0.00578. The Hall–Kier alpha value is -9.16. The van der Waals surface area contributed by atoms with Crippen molar-refractivity contribution in [3.8, 4) is 55.6 Å². The first-order valence-electron chi connectivity index (χ1n) is 28.2. The quantitative estimate of drug-likeness (QED) is 0.0992. The molecule has 2 aliphatic carbocycles. The van der Waals surface area contributed by atoms with Crippen LogP contribution < -0.4 is 5.46 Å². The van der Waals surface area contributed by atoms with E-state index in [9.17, 15) is 0 Å². The predicted molar refractivity (Wildman–Crippen MR) is 348 cm³/mol. The average Bonchev–Trinajstić information content (AvgIpc) is 2.09. The van der Waals surface area contributed by atoms with Crippen molar-refractivity contribution in [1.29, 1.82) is 0 Å². The van der Waals surface area contributed by atoms with Crippen LogP contribution in [0.3, 0.4) is 0 Å². The standard InChI is InChI=1S/C34H23N3.C28H28BNO2.C12H7BrN2/c1-34(2)30-19-22(21-8-12-25(35-3)13-9-21)10-14-26(30)27-15-11-23(20-31(27)34)29-18-24-6-4-16-36-32(24)33-28(29)7-5-17-37-33;1-26(2)24-16-19(18-8-12-21(30-7)13-9-18)10-14-22(24)23-15-11-20(17-25(23)26)29-31-27(3,4)28(5,6)32-29;13-10-7-8-3-1-5-14-11(8)12-9(10)4-2-6-15-12/h4-20H,1-2H3;8-17H,1-6H3;1-7H. The van der Waals surface area contributed by atoms with Crippen molar-refractivity contribution in [3.63, 3.8) is 0 Å². The van der Waals surface area contributed by atoms with E-state index in [1.807, 2.05) is 97.3 Å². The van der Waals surface area contributed by atoms with E-state index in [0.717, 1.165) is 64.7 Å². The van der Waals surface area contributed by atoms with E-state index in [1.165, 1.54) is 66.8 Å². The number of nitrogens with zero attached hydrogens (tertiary/aromatic N) is 6. The monoisotopic (exact) mass is 1150 g/mol. The van der Waals surface area contributed by atoms with E-state index < -0.39 is 0 Å². The van der Waals surface area contributed by atoms with E-state index in [1.54, 1.807) is 12.4 Å². The maximum absolute atomic E-state index is 7.23. The first kappa shape index (κ1) is 54.1. The normalized spacial score (nSPS) is 15.2. The largest absolute Gasteiger partial charge is 0.494 e. The number of halogens is 1. The second kappa shape index (κ2) is 20.6. The third-order valence-corrected chi connectivity index (χ3v) is 18.4. The molecule has 0 spiro atoms. The Bertz CT molecular complexity index is 4720. The molecule has 4 aromatic heterocycles. The Labute approximate surface area is 499 Å². The number of rotatable bonds is 4. The Balaban J connectivity index is 0.000000127. The molecule has 406 valence electrons. The van der Waals surface area contributed by atoms with Crippen LogP contribution in [-0.4, -0.2) is 38.3 Å². The molecule has 0 saturated carbocycles. The van der Waals surface area contributed by atoms with Gasteiger partial charge in [0.25, 0.3) is 0 Å². The summed E-state index contributed by atoms with van der Waals surface area (Å²) in [6.07, 6.45) is 7.27. The van der Waals surface area contributed by atoms with Crippen molar-refractivity contribution in [3.05, 3.63) is 256 Å². The molecule has 0 N–H and O–H groups in total. The summed E-state index contributed by atoms with van der Waals surface area (Å²) in [6.45, 7) is 32.0. The van der Waals surface area contributed by atoms with E-state index >= 15 is 0 Å². The predicted octanol–water partition coefficient (Wildman–Crippen LogP) is 19.0.